The van der Waals surface area contributed by atoms with Crippen molar-refractivity contribution in [2.75, 3.05) is 31.1 Å². The lowest BCUT2D eigenvalue weighted by atomic mass is 9.68. The molecule has 3 aliphatic heterocycles. The lowest BCUT2D eigenvalue weighted by Crippen LogP contribution is -2.60. The number of hydrazone groups is 1. The molecule has 11 heteroatoms. The Morgan fingerprint density at radius 1 is 1.27 bits per heavy atom. The Morgan fingerprint density at radius 3 is 2.55 bits per heavy atom. The summed E-state index contributed by atoms with van der Waals surface area (Å²) >= 11 is 0. The minimum atomic E-state index is -4.60. The molecule has 0 unspecified atom stereocenters. The summed E-state index contributed by atoms with van der Waals surface area (Å²) < 4.78 is 53.0. The summed E-state index contributed by atoms with van der Waals surface area (Å²) in [7, 11) is 0. The van der Waals surface area contributed by atoms with Crippen molar-refractivity contribution < 1.29 is 32.2 Å². The highest BCUT2D eigenvalue weighted by molar-refractivity contribution is 6.07. The molecule has 0 spiro atoms. The topological polar surface area (TPSA) is 83.5 Å². The largest absolute Gasteiger partial charge is 0.483 e. The highest BCUT2D eigenvalue weighted by Gasteiger charge is 2.49. The van der Waals surface area contributed by atoms with Crippen molar-refractivity contribution >= 4 is 23.5 Å². The summed E-state index contributed by atoms with van der Waals surface area (Å²) in [6.07, 6.45) is -5.08. The average molecular weight is 468 g/mol. The number of hydrogen-bond acceptors (Lipinski definition) is 6. The molecule has 1 aromatic rings. The van der Waals surface area contributed by atoms with Crippen molar-refractivity contribution in [3.8, 4) is 5.75 Å². The summed E-state index contributed by atoms with van der Waals surface area (Å²) in [5.74, 6) is -0.424. The third-order valence-electron chi connectivity index (χ3n) is 6.27. The smallest absolute Gasteiger partial charge is 0.416 e. The molecule has 1 aromatic carbocycles. The number of carbonyl (C=O) groups is 2. The van der Waals surface area contributed by atoms with Gasteiger partial charge in [0.15, 0.2) is 5.84 Å². The Labute approximate surface area is 189 Å². The van der Waals surface area contributed by atoms with Crippen LogP contribution in [0.3, 0.4) is 0 Å². The zero-order valence-electron chi connectivity index (χ0n) is 19.2. The molecule has 0 bridgehead atoms. The van der Waals surface area contributed by atoms with Gasteiger partial charge in [0, 0.05) is 18.5 Å². The molecule has 1 atom stereocenters. The van der Waals surface area contributed by atoms with Crippen LogP contribution in [0.2, 0.25) is 0 Å². The normalized spacial score (nSPS) is 20.5. The van der Waals surface area contributed by atoms with Crippen molar-refractivity contribution in [1.82, 2.24) is 10.3 Å². The van der Waals surface area contributed by atoms with Gasteiger partial charge >= 0.3 is 12.3 Å². The van der Waals surface area contributed by atoms with E-state index in [1.165, 1.54) is 11.0 Å². The van der Waals surface area contributed by atoms with E-state index in [1.54, 1.807) is 32.6 Å². The standard InChI is InChI=1S/C22H27F3N4O4/c1-12(21(5)10-28(11-21)19(31)33-20(2,3)4)13-6-15-16(7-14(13)22(23,24)25)32-9-17-26-27-18(30)8-29(15)17/h6-7,12H,8-11H2,1-5H3,(H,27,30)/t12-/m0/s1. The van der Waals surface area contributed by atoms with Crippen LogP contribution in [-0.4, -0.2) is 54.6 Å². The zero-order valence-corrected chi connectivity index (χ0v) is 19.2. The summed E-state index contributed by atoms with van der Waals surface area (Å²) in [6.45, 7) is 9.31. The molecule has 33 heavy (non-hydrogen) atoms. The van der Waals surface area contributed by atoms with Crippen molar-refractivity contribution in [2.45, 2.75) is 52.3 Å². The molecule has 0 aromatic heterocycles. The Kier molecular flexibility index (Phi) is 5.29. The molecule has 0 aliphatic carbocycles. The molecule has 0 saturated carbocycles. The van der Waals surface area contributed by atoms with Crippen molar-refractivity contribution in [3.05, 3.63) is 23.3 Å². The number of carbonyl (C=O) groups excluding carboxylic acids is 2. The van der Waals surface area contributed by atoms with Crippen molar-refractivity contribution in [3.63, 3.8) is 0 Å². The van der Waals surface area contributed by atoms with Gasteiger partial charge in [-0.2, -0.15) is 18.3 Å². The van der Waals surface area contributed by atoms with Gasteiger partial charge in [-0.15, -0.1) is 0 Å². The maximum atomic E-state index is 14.0. The minimum absolute atomic E-state index is 0.0396. The van der Waals surface area contributed by atoms with Crippen LogP contribution in [0, 0.1) is 5.41 Å². The predicted molar refractivity (Wildman–Crippen MR) is 114 cm³/mol. The van der Waals surface area contributed by atoms with Crippen LogP contribution in [0.5, 0.6) is 5.75 Å². The molecule has 2 amide bonds. The van der Waals surface area contributed by atoms with Gasteiger partial charge in [0.05, 0.1) is 11.3 Å². The van der Waals surface area contributed by atoms with E-state index in [0.717, 1.165) is 6.07 Å². The number of benzene rings is 1. The van der Waals surface area contributed by atoms with Crippen LogP contribution >= 0.6 is 0 Å². The number of nitrogens with zero attached hydrogens (tertiary/aromatic N) is 3. The summed E-state index contributed by atoms with van der Waals surface area (Å²) in [5, 5.41) is 3.95. The molecular formula is C22H27F3N4O4. The molecule has 180 valence electrons. The van der Waals surface area contributed by atoms with Crippen LogP contribution < -0.4 is 15.1 Å². The van der Waals surface area contributed by atoms with Gasteiger partial charge in [-0.05, 0) is 44.4 Å². The molecule has 8 nitrogen and oxygen atoms in total. The number of likely N-dealkylation sites (tertiary alicyclic amines) is 1. The van der Waals surface area contributed by atoms with Crippen molar-refractivity contribution in [2.24, 2.45) is 10.5 Å². The third-order valence-corrected chi connectivity index (χ3v) is 6.27. The molecule has 1 saturated heterocycles. The van der Waals surface area contributed by atoms with Crippen LogP contribution in [0.1, 0.15) is 51.7 Å². The predicted octanol–water partition coefficient (Wildman–Crippen LogP) is 3.71. The Morgan fingerprint density at radius 2 is 1.94 bits per heavy atom. The zero-order chi connectivity index (χ0) is 24.3. The van der Waals surface area contributed by atoms with Crippen molar-refractivity contribution in [1.29, 1.82) is 0 Å². The van der Waals surface area contributed by atoms with E-state index in [0.29, 0.717) is 11.5 Å². The number of rotatable bonds is 2. The highest BCUT2D eigenvalue weighted by atomic mass is 19.4. The van der Waals surface area contributed by atoms with Crippen LogP contribution in [-0.2, 0) is 15.7 Å². The summed E-state index contributed by atoms with van der Waals surface area (Å²) in [4.78, 5) is 27.3. The van der Waals surface area contributed by atoms with E-state index >= 15 is 0 Å². The fourth-order valence-corrected chi connectivity index (χ4v) is 4.38. The number of amides is 2. The van der Waals surface area contributed by atoms with Gasteiger partial charge in [0.2, 0.25) is 0 Å². The van der Waals surface area contributed by atoms with E-state index in [1.807, 2.05) is 6.92 Å². The SMILES string of the molecule is C[C@@H](c1cc2c(cc1C(F)(F)F)OCC1=NNC(=O)CN12)C1(C)CN(C(=O)OC(C)(C)C)C1. The highest BCUT2D eigenvalue weighted by Crippen LogP contribution is 2.50. The van der Waals surface area contributed by atoms with Gasteiger partial charge in [-0.1, -0.05) is 13.8 Å². The van der Waals surface area contributed by atoms with E-state index in [4.69, 9.17) is 9.47 Å². The number of alkyl halides is 3. The Balaban J connectivity index is 1.66. The molecular weight excluding hydrogens is 441 g/mol. The number of hydrogen-bond donors (Lipinski definition) is 1. The second kappa shape index (κ2) is 7.53. The van der Waals surface area contributed by atoms with Gasteiger partial charge in [-0.25, -0.2) is 10.2 Å². The maximum absolute atomic E-state index is 14.0. The van der Waals surface area contributed by atoms with Gasteiger partial charge in [0.1, 0.15) is 24.5 Å². The maximum Gasteiger partial charge on any atom is 0.416 e. The second-order valence-corrected chi connectivity index (χ2v) is 10.1. The first-order valence-corrected chi connectivity index (χ1v) is 10.7. The lowest BCUT2D eigenvalue weighted by Gasteiger charge is -2.51. The average Bonchev–Trinajstić information content (AvgIpc) is 2.67. The van der Waals surface area contributed by atoms with Gasteiger partial charge < -0.3 is 19.3 Å². The first kappa shape index (κ1) is 23.2. The molecule has 4 rings (SSSR count). The van der Waals surface area contributed by atoms with Crippen LogP contribution in [0.4, 0.5) is 23.7 Å². The Bertz CT molecular complexity index is 1030. The number of halogens is 3. The first-order chi connectivity index (χ1) is 15.2. The number of anilines is 1. The van der Waals surface area contributed by atoms with Crippen LogP contribution in [0.15, 0.2) is 17.2 Å². The Hall–Kier alpha value is -2.98. The molecule has 1 N–H and O–H groups in total. The molecule has 3 heterocycles. The first-order valence-electron chi connectivity index (χ1n) is 10.7. The molecule has 0 radical (unpaired) electrons. The second-order valence-electron chi connectivity index (χ2n) is 10.1. The molecule has 3 aliphatic rings. The van der Waals surface area contributed by atoms with E-state index in [-0.39, 0.29) is 43.5 Å². The quantitative estimate of drug-likeness (QED) is 0.716. The summed E-state index contributed by atoms with van der Waals surface area (Å²) in [5.41, 5.74) is 0.788. The fraction of sp³-hybridized carbons (Fsp3) is 0.591. The number of amidine groups is 1. The summed E-state index contributed by atoms with van der Waals surface area (Å²) in [6, 6.07) is 2.44. The number of ether oxygens (including phenoxy) is 2. The van der Waals surface area contributed by atoms with Gasteiger partial charge in [-0.3, -0.25) is 4.79 Å². The number of fused-ring (bicyclic) bond motifs is 3. The lowest BCUT2D eigenvalue weighted by molar-refractivity contribution is -0.139. The van der Waals surface area contributed by atoms with Gasteiger partial charge in [0.25, 0.3) is 5.91 Å². The van der Waals surface area contributed by atoms with E-state index in [2.05, 4.69) is 10.5 Å². The number of nitrogens with one attached hydrogen (secondary N) is 1. The monoisotopic (exact) mass is 468 g/mol. The molecule has 1 fully saturated rings. The minimum Gasteiger partial charge on any atom is -0.483 e. The third kappa shape index (κ3) is 4.32. The van der Waals surface area contributed by atoms with Crippen LogP contribution in [0.25, 0.3) is 0 Å². The fourth-order valence-electron chi connectivity index (χ4n) is 4.38. The van der Waals surface area contributed by atoms with E-state index < -0.39 is 34.8 Å². The van der Waals surface area contributed by atoms with E-state index in [9.17, 15) is 22.8 Å².